The molecule has 0 saturated heterocycles. The van der Waals surface area contributed by atoms with Crippen LogP contribution in [0.25, 0.3) is 11.5 Å². The largest absolute Gasteiger partial charge is 0.444 e. The Bertz CT molecular complexity index is 667. The van der Waals surface area contributed by atoms with Crippen LogP contribution in [0.3, 0.4) is 0 Å². The number of rotatable bonds is 6. The number of anilines is 1. The Kier molecular flexibility index (Phi) is 5.76. The van der Waals surface area contributed by atoms with E-state index in [1.54, 1.807) is 6.26 Å². The smallest absolute Gasteiger partial charge is 0.319 e. The van der Waals surface area contributed by atoms with Crippen LogP contribution in [-0.2, 0) is 0 Å². The molecule has 2 aromatic rings. The minimum Gasteiger partial charge on any atom is -0.444 e. The first-order valence-electron chi connectivity index (χ1n) is 7.75. The number of urea groups is 1. The molecule has 1 aromatic carbocycles. The zero-order valence-corrected chi connectivity index (χ0v) is 13.7. The summed E-state index contributed by atoms with van der Waals surface area (Å²) in [5.74, 6) is 0.518. The zero-order valence-electron chi connectivity index (χ0n) is 13.7. The number of aliphatic hydroxyl groups is 1. The van der Waals surface area contributed by atoms with Crippen LogP contribution in [0.2, 0.25) is 0 Å². The predicted molar refractivity (Wildman–Crippen MR) is 89.3 cm³/mol. The van der Waals surface area contributed by atoms with Gasteiger partial charge in [0.2, 0.25) is 5.89 Å². The van der Waals surface area contributed by atoms with Gasteiger partial charge in [-0.3, -0.25) is 0 Å². The molecular weight excluding hydrogens is 294 g/mol. The third kappa shape index (κ3) is 4.82. The molecule has 1 heterocycles. The van der Waals surface area contributed by atoms with Gasteiger partial charge in [0.1, 0.15) is 6.26 Å². The topological polar surface area (TPSA) is 87.4 Å². The molecule has 1 atom stereocenters. The number of hydrogen-bond donors (Lipinski definition) is 3. The number of amides is 2. The molecule has 6 heteroatoms. The highest BCUT2D eigenvalue weighted by atomic mass is 16.3. The Labute approximate surface area is 135 Å². The van der Waals surface area contributed by atoms with Gasteiger partial charge in [-0.15, -0.1) is 0 Å². The van der Waals surface area contributed by atoms with E-state index in [1.807, 2.05) is 39.0 Å². The molecule has 0 aliphatic rings. The summed E-state index contributed by atoms with van der Waals surface area (Å²) in [6.07, 6.45) is 2.61. The molecule has 0 bridgehead atoms. The van der Waals surface area contributed by atoms with Gasteiger partial charge in [-0.05, 0) is 38.0 Å². The van der Waals surface area contributed by atoms with Gasteiger partial charge < -0.3 is 20.2 Å². The SMILES string of the molecule is CCCC(O)CNC(=O)Nc1cc(-c2nc(C)co2)ccc1C. The number of aromatic nitrogens is 1. The van der Waals surface area contributed by atoms with E-state index in [0.717, 1.165) is 23.2 Å². The van der Waals surface area contributed by atoms with Crippen molar-refractivity contribution in [1.29, 1.82) is 0 Å². The lowest BCUT2D eigenvalue weighted by Gasteiger charge is -2.13. The fourth-order valence-electron chi connectivity index (χ4n) is 2.19. The molecule has 23 heavy (non-hydrogen) atoms. The highest BCUT2D eigenvalue weighted by Gasteiger charge is 2.10. The second kappa shape index (κ2) is 7.78. The second-order valence-electron chi connectivity index (χ2n) is 5.60. The fraction of sp³-hybridized carbons (Fsp3) is 0.412. The zero-order chi connectivity index (χ0) is 16.8. The Morgan fingerprint density at radius 1 is 1.39 bits per heavy atom. The van der Waals surface area contributed by atoms with Crippen molar-refractivity contribution in [2.75, 3.05) is 11.9 Å². The van der Waals surface area contributed by atoms with E-state index < -0.39 is 6.10 Å². The number of hydrogen-bond acceptors (Lipinski definition) is 4. The van der Waals surface area contributed by atoms with Crippen LogP contribution >= 0.6 is 0 Å². The normalized spacial score (nSPS) is 12.0. The summed E-state index contributed by atoms with van der Waals surface area (Å²) in [5, 5.41) is 15.1. The van der Waals surface area contributed by atoms with E-state index in [0.29, 0.717) is 18.0 Å². The average molecular weight is 317 g/mol. The Balaban J connectivity index is 2.03. The minimum absolute atomic E-state index is 0.233. The van der Waals surface area contributed by atoms with Crippen molar-refractivity contribution in [3.05, 3.63) is 35.7 Å². The van der Waals surface area contributed by atoms with Gasteiger partial charge in [0.25, 0.3) is 0 Å². The molecule has 0 aliphatic heterocycles. The fourth-order valence-corrected chi connectivity index (χ4v) is 2.19. The summed E-state index contributed by atoms with van der Waals surface area (Å²) in [7, 11) is 0. The Hall–Kier alpha value is -2.34. The van der Waals surface area contributed by atoms with Crippen molar-refractivity contribution in [3.8, 4) is 11.5 Å². The van der Waals surface area contributed by atoms with E-state index in [2.05, 4.69) is 15.6 Å². The minimum atomic E-state index is -0.520. The highest BCUT2D eigenvalue weighted by molar-refractivity contribution is 5.90. The number of aliphatic hydroxyl groups excluding tert-OH is 1. The van der Waals surface area contributed by atoms with E-state index in [1.165, 1.54) is 0 Å². The number of oxazole rings is 1. The van der Waals surface area contributed by atoms with Gasteiger partial charge in [0.15, 0.2) is 0 Å². The third-order valence-electron chi connectivity index (χ3n) is 3.47. The Morgan fingerprint density at radius 3 is 2.83 bits per heavy atom. The summed E-state index contributed by atoms with van der Waals surface area (Å²) < 4.78 is 5.38. The lowest BCUT2D eigenvalue weighted by molar-refractivity contribution is 0.162. The van der Waals surface area contributed by atoms with Crippen molar-refractivity contribution in [2.45, 2.75) is 39.7 Å². The van der Waals surface area contributed by atoms with E-state index in [4.69, 9.17) is 4.42 Å². The van der Waals surface area contributed by atoms with Crippen LogP contribution in [0.4, 0.5) is 10.5 Å². The first-order chi connectivity index (χ1) is 11.0. The molecule has 2 amide bonds. The number of carbonyl (C=O) groups excluding carboxylic acids is 1. The van der Waals surface area contributed by atoms with Gasteiger partial charge in [0, 0.05) is 17.8 Å². The lowest BCUT2D eigenvalue weighted by atomic mass is 10.1. The molecule has 0 fully saturated rings. The summed E-state index contributed by atoms with van der Waals surface area (Å²) in [4.78, 5) is 16.2. The van der Waals surface area contributed by atoms with Gasteiger partial charge in [-0.2, -0.15) is 0 Å². The van der Waals surface area contributed by atoms with E-state index in [9.17, 15) is 9.90 Å². The number of carbonyl (C=O) groups is 1. The number of aryl methyl sites for hydroxylation is 2. The molecule has 0 radical (unpaired) electrons. The summed E-state index contributed by atoms with van der Waals surface area (Å²) in [6, 6.07) is 5.28. The maximum atomic E-state index is 12.0. The van der Waals surface area contributed by atoms with Crippen LogP contribution in [-0.4, -0.2) is 28.8 Å². The summed E-state index contributed by atoms with van der Waals surface area (Å²) in [6.45, 7) is 5.99. The standard InChI is InChI=1S/C17H23N3O3/c1-4-5-14(21)9-18-17(22)20-15-8-13(7-6-11(15)2)16-19-12(3)10-23-16/h6-8,10,14,21H,4-5,9H2,1-3H3,(H2,18,20,22). The molecule has 1 aromatic heterocycles. The van der Waals surface area contributed by atoms with Crippen molar-refractivity contribution in [3.63, 3.8) is 0 Å². The van der Waals surface area contributed by atoms with Crippen molar-refractivity contribution in [1.82, 2.24) is 10.3 Å². The van der Waals surface area contributed by atoms with Gasteiger partial charge in [-0.1, -0.05) is 19.4 Å². The molecule has 0 spiro atoms. The van der Waals surface area contributed by atoms with Gasteiger partial charge in [0.05, 0.1) is 11.8 Å². The van der Waals surface area contributed by atoms with E-state index in [-0.39, 0.29) is 12.6 Å². The predicted octanol–water partition coefficient (Wildman–Crippen LogP) is 3.24. The molecule has 0 saturated carbocycles. The molecule has 3 N–H and O–H groups in total. The molecule has 2 rings (SSSR count). The van der Waals surface area contributed by atoms with Crippen LogP contribution in [0, 0.1) is 13.8 Å². The quantitative estimate of drug-likeness (QED) is 0.763. The monoisotopic (exact) mass is 317 g/mol. The van der Waals surface area contributed by atoms with Crippen LogP contribution < -0.4 is 10.6 Å². The summed E-state index contributed by atoms with van der Waals surface area (Å²) in [5.41, 5.74) is 3.21. The van der Waals surface area contributed by atoms with Crippen LogP contribution in [0.1, 0.15) is 31.0 Å². The molecule has 0 aliphatic carbocycles. The maximum Gasteiger partial charge on any atom is 0.319 e. The van der Waals surface area contributed by atoms with Crippen molar-refractivity contribution in [2.24, 2.45) is 0 Å². The Morgan fingerprint density at radius 2 is 2.17 bits per heavy atom. The number of nitrogens with one attached hydrogen (secondary N) is 2. The van der Waals surface area contributed by atoms with Gasteiger partial charge in [-0.25, -0.2) is 9.78 Å². The second-order valence-corrected chi connectivity index (χ2v) is 5.60. The number of nitrogens with zero attached hydrogens (tertiary/aromatic N) is 1. The van der Waals surface area contributed by atoms with E-state index >= 15 is 0 Å². The first kappa shape index (κ1) is 17.0. The third-order valence-corrected chi connectivity index (χ3v) is 3.47. The molecule has 124 valence electrons. The first-order valence-corrected chi connectivity index (χ1v) is 7.75. The maximum absolute atomic E-state index is 12.0. The lowest BCUT2D eigenvalue weighted by Crippen LogP contribution is -2.35. The molecule has 1 unspecified atom stereocenters. The van der Waals surface area contributed by atoms with Gasteiger partial charge >= 0.3 is 6.03 Å². The molecule has 6 nitrogen and oxygen atoms in total. The summed E-state index contributed by atoms with van der Waals surface area (Å²) >= 11 is 0. The molecular formula is C17H23N3O3. The van der Waals surface area contributed by atoms with Crippen LogP contribution in [0.5, 0.6) is 0 Å². The van der Waals surface area contributed by atoms with Crippen molar-refractivity contribution < 1.29 is 14.3 Å². The average Bonchev–Trinajstić information content (AvgIpc) is 2.94. The number of benzene rings is 1. The van der Waals surface area contributed by atoms with Crippen LogP contribution in [0.15, 0.2) is 28.9 Å². The highest BCUT2D eigenvalue weighted by Crippen LogP contribution is 2.24. The van der Waals surface area contributed by atoms with Crippen molar-refractivity contribution >= 4 is 11.7 Å².